The summed E-state index contributed by atoms with van der Waals surface area (Å²) in [5.74, 6) is -0.541. The molecule has 124 valence electrons. The first-order valence-electron chi connectivity index (χ1n) is 7.93. The summed E-state index contributed by atoms with van der Waals surface area (Å²) in [4.78, 5) is 36.2. The van der Waals surface area contributed by atoms with Gasteiger partial charge in [-0.05, 0) is 45.3 Å². The van der Waals surface area contributed by atoms with E-state index in [0.29, 0.717) is 22.3 Å². The molecule has 24 heavy (non-hydrogen) atoms. The Morgan fingerprint density at radius 1 is 1.29 bits per heavy atom. The van der Waals surface area contributed by atoms with Crippen molar-refractivity contribution >= 4 is 28.8 Å². The van der Waals surface area contributed by atoms with Crippen molar-refractivity contribution < 1.29 is 18.7 Å². The van der Waals surface area contributed by atoms with Gasteiger partial charge in [-0.2, -0.15) is 0 Å². The number of ether oxygens (including phenoxy) is 1. The van der Waals surface area contributed by atoms with E-state index in [-0.39, 0.29) is 22.9 Å². The second-order valence-corrected chi connectivity index (χ2v) is 6.02. The first-order valence-corrected chi connectivity index (χ1v) is 7.93. The Bertz CT molecular complexity index is 900. The summed E-state index contributed by atoms with van der Waals surface area (Å²) in [6.45, 7) is 3.00. The van der Waals surface area contributed by atoms with Crippen LogP contribution in [0, 0.1) is 6.92 Å². The minimum Gasteiger partial charge on any atom is -0.460 e. The van der Waals surface area contributed by atoms with E-state index in [2.05, 4.69) is 0 Å². The molecule has 0 bridgehead atoms. The fourth-order valence-corrected chi connectivity index (χ4v) is 2.59. The summed E-state index contributed by atoms with van der Waals surface area (Å²) in [6, 6.07) is 6.45. The number of Topliss-reactive ketones (excluding diaryl/α,β-unsaturated/α-hetero) is 1. The Morgan fingerprint density at radius 3 is 2.67 bits per heavy atom. The van der Waals surface area contributed by atoms with Crippen LogP contribution in [0.15, 0.2) is 39.1 Å². The van der Waals surface area contributed by atoms with Crippen LogP contribution < -0.4 is 5.43 Å². The molecule has 1 aliphatic carbocycles. The zero-order valence-electron chi connectivity index (χ0n) is 13.6. The molecule has 5 nitrogen and oxygen atoms in total. The molecule has 3 rings (SSSR count). The van der Waals surface area contributed by atoms with Gasteiger partial charge in [-0.3, -0.25) is 9.59 Å². The summed E-state index contributed by atoms with van der Waals surface area (Å²) < 4.78 is 11.0. The van der Waals surface area contributed by atoms with Gasteiger partial charge in [0.1, 0.15) is 23.0 Å². The van der Waals surface area contributed by atoms with Gasteiger partial charge in [0.2, 0.25) is 0 Å². The van der Waals surface area contributed by atoms with Crippen LogP contribution in [0.25, 0.3) is 17.0 Å². The van der Waals surface area contributed by atoms with Crippen LogP contribution in [0.2, 0.25) is 0 Å². The molecule has 0 saturated heterocycles. The molecule has 1 heterocycles. The standard InChI is InChI=1S/C19H18O5/c1-11-9-17(21)15-8-3-5-13(18(15)23-11)10-16(12(2)20)19(22)24-14-6-4-7-14/h3,5,8-10,14H,4,6-7H2,1-2H3/b16-10+. The number of ketones is 1. The van der Waals surface area contributed by atoms with Gasteiger partial charge in [-0.15, -0.1) is 0 Å². The Labute approximate surface area is 138 Å². The Kier molecular flexibility index (Phi) is 4.34. The van der Waals surface area contributed by atoms with Crippen LogP contribution in [0.3, 0.4) is 0 Å². The molecule has 1 aliphatic rings. The maximum Gasteiger partial charge on any atom is 0.342 e. The highest BCUT2D eigenvalue weighted by Gasteiger charge is 2.25. The van der Waals surface area contributed by atoms with Crippen molar-refractivity contribution in [2.45, 2.75) is 39.2 Å². The summed E-state index contributed by atoms with van der Waals surface area (Å²) in [5, 5.41) is 0.407. The third-order valence-electron chi connectivity index (χ3n) is 4.13. The van der Waals surface area contributed by atoms with E-state index in [1.807, 2.05) is 0 Å². The van der Waals surface area contributed by atoms with E-state index in [1.165, 1.54) is 19.1 Å². The molecule has 0 spiro atoms. The molecular formula is C19H18O5. The number of hydrogen-bond donors (Lipinski definition) is 0. The highest BCUT2D eigenvalue weighted by Crippen LogP contribution is 2.25. The smallest absolute Gasteiger partial charge is 0.342 e. The quantitative estimate of drug-likeness (QED) is 0.373. The van der Waals surface area contributed by atoms with Gasteiger partial charge in [-0.25, -0.2) is 4.79 Å². The van der Waals surface area contributed by atoms with Gasteiger partial charge in [0.05, 0.1) is 5.39 Å². The van der Waals surface area contributed by atoms with Crippen molar-refractivity contribution in [3.63, 3.8) is 0 Å². The van der Waals surface area contributed by atoms with Crippen LogP contribution in [0.1, 0.15) is 37.5 Å². The highest BCUT2D eigenvalue weighted by atomic mass is 16.5. The van der Waals surface area contributed by atoms with Crippen molar-refractivity contribution in [2.75, 3.05) is 0 Å². The van der Waals surface area contributed by atoms with Crippen molar-refractivity contribution in [2.24, 2.45) is 0 Å². The van der Waals surface area contributed by atoms with Gasteiger partial charge in [0, 0.05) is 11.6 Å². The van der Waals surface area contributed by atoms with Crippen LogP contribution >= 0.6 is 0 Å². The molecule has 0 radical (unpaired) electrons. The SMILES string of the molecule is CC(=O)/C(=C\c1cccc2c(=O)cc(C)oc12)C(=O)OC1CCC1. The number of esters is 1. The molecule has 2 aromatic rings. The maximum absolute atomic E-state index is 12.3. The van der Waals surface area contributed by atoms with Crippen molar-refractivity contribution in [3.05, 3.63) is 51.4 Å². The molecule has 0 atom stereocenters. The molecule has 0 amide bonds. The third kappa shape index (κ3) is 3.15. The molecular weight excluding hydrogens is 308 g/mol. The normalized spacial score (nSPS) is 15.2. The van der Waals surface area contributed by atoms with Crippen LogP contribution in [-0.2, 0) is 14.3 Å². The predicted octanol–water partition coefficient (Wildman–Crippen LogP) is 3.17. The van der Waals surface area contributed by atoms with Crippen LogP contribution in [0.5, 0.6) is 0 Å². The lowest BCUT2D eigenvalue weighted by Gasteiger charge is -2.25. The molecule has 0 aliphatic heterocycles. The Morgan fingerprint density at radius 2 is 2.04 bits per heavy atom. The van der Waals surface area contributed by atoms with E-state index in [0.717, 1.165) is 19.3 Å². The second-order valence-electron chi connectivity index (χ2n) is 6.02. The van der Waals surface area contributed by atoms with E-state index < -0.39 is 5.97 Å². The molecule has 0 N–H and O–H groups in total. The zero-order valence-corrected chi connectivity index (χ0v) is 13.6. The van der Waals surface area contributed by atoms with Gasteiger partial charge >= 0.3 is 5.97 Å². The highest BCUT2D eigenvalue weighted by molar-refractivity contribution is 6.20. The lowest BCUT2D eigenvalue weighted by molar-refractivity contribution is -0.148. The monoisotopic (exact) mass is 326 g/mol. The minimum atomic E-state index is -0.626. The topological polar surface area (TPSA) is 73.6 Å². The lowest BCUT2D eigenvalue weighted by Crippen LogP contribution is -2.27. The molecule has 5 heteroatoms. The number of aryl methyl sites for hydroxylation is 1. The maximum atomic E-state index is 12.3. The number of fused-ring (bicyclic) bond motifs is 1. The molecule has 1 saturated carbocycles. The summed E-state index contributed by atoms with van der Waals surface area (Å²) in [7, 11) is 0. The van der Waals surface area contributed by atoms with Crippen molar-refractivity contribution in [1.29, 1.82) is 0 Å². The van der Waals surface area contributed by atoms with Gasteiger partial charge in [-0.1, -0.05) is 12.1 Å². The van der Waals surface area contributed by atoms with Gasteiger partial charge in [0.25, 0.3) is 0 Å². The molecule has 1 aromatic carbocycles. The Balaban J connectivity index is 2.06. The number of para-hydroxylation sites is 1. The number of carbonyl (C=O) groups excluding carboxylic acids is 2. The molecule has 1 fully saturated rings. The Hall–Kier alpha value is -2.69. The minimum absolute atomic E-state index is 0.0430. The summed E-state index contributed by atoms with van der Waals surface area (Å²) in [6.07, 6.45) is 4.03. The fourth-order valence-electron chi connectivity index (χ4n) is 2.59. The van der Waals surface area contributed by atoms with E-state index in [9.17, 15) is 14.4 Å². The van der Waals surface area contributed by atoms with E-state index in [4.69, 9.17) is 9.15 Å². The predicted molar refractivity (Wildman–Crippen MR) is 89.6 cm³/mol. The van der Waals surface area contributed by atoms with E-state index >= 15 is 0 Å². The number of rotatable bonds is 4. The van der Waals surface area contributed by atoms with Crippen LogP contribution in [-0.4, -0.2) is 17.9 Å². The summed E-state index contributed by atoms with van der Waals surface area (Å²) in [5.41, 5.74) is 0.658. The lowest BCUT2D eigenvalue weighted by atomic mass is 9.96. The van der Waals surface area contributed by atoms with Gasteiger partial charge in [0.15, 0.2) is 11.2 Å². The fraction of sp³-hybridized carbons (Fsp3) is 0.316. The molecule has 0 unspecified atom stereocenters. The third-order valence-corrected chi connectivity index (χ3v) is 4.13. The van der Waals surface area contributed by atoms with Crippen molar-refractivity contribution in [1.82, 2.24) is 0 Å². The van der Waals surface area contributed by atoms with Crippen LogP contribution in [0.4, 0.5) is 0 Å². The van der Waals surface area contributed by atoms with Crippen molar-refractivity contribution in [3.8, 4) is 0 Å². The number of carbonyl (C=O) groups is 2. The number of hydrogen-bond acceptors (Lipinski definition) is 5. The van der Waals surface area contributed by atoms with Gasteiger partial charge < -0.3 is 9.15 Å². The zero-order chi connectivity index (χ0) is 17.3. The first-order chi connectivity index (χ1) is 11.5. The largest absolute Gasteiger partial charge is 0.460 e. The summed E-state index contributed by atoms with van der Waals surface area (Å²) >= 11 is 0. The average molecular weight is 326 g/mol. The first kappa shape index (κ1) is 16.2. The number of benzene rings is 1. The average Bonchev–Trinajstić information content (AvgIpc) is 2.48. The molecule has 1 aromatic heterocycles. The second kappa shape index (κ2) is 6.43. The van der Waals surface area contributed by atoms with E-state index in [1.54, 1.807) is 25.1 Å².